The number of aliphatic carboxylic acids is 2. The summed E-state index contributed by atoms with van der Waals surface area (Å²) >= 11 is 0. The number of carboxylic acid groups (broad SMARTS) is 2. The molecule has 0 spiro atoms. The molecule has 0 rings (SSSR count). The summed E-state index contributed by atoms with van der Waals surface area (Å²) in [5.74, 6) is -4.94. The molecule has 0 amide bonds. The number of carbonyl (C=O) groups is 2. The van der Waals surface area contributed by atoms with Gasteiger partial charge in [-0.25, -0.2) is 0 Å². The minimum absolute atomic E-state index is 0.0662. The number of hydrogen-bond donors (Lipinski definition) is 2. The van der Waals surface area contributed by atoms with Crippen molar-refractivity contribution < 1.29 is 19.8 Å². The largest absolute Gasteiger partial charge is 0.481 e. The Morgan fingerprint density at radius 3 is 2.08 bits per heavy atom. The molecule has 0 aromatic rings. The van der Waals surface area contributed by atoms with Crippen molar-refractivity contribution in [2.24, 2.45) is 11.8 Å². The van der Waals surface area contributed by atoms with Crippen LogP contribution >= 0.6 is 0 Å². The van der Waals surface area contributed by atoms with Crippen molar-refractivity contribution in [3.8, 4) is 6.07 Å². The van der Waals surface area contributed by atoms with Crippen LogP contribution in [0.25, 0.3) is 0 Å². The molecule has 0 aromatic heterocycles. The standard InChI is InChI=1S/C7H9NO4/c1-4(2-3-8)5(6(9)10)7(11)12/h4-5H,2H2,1H3,(H,9,10)(H,11,12). The van der Waals surface area contributed by atoms with E-state index < -0.39 is 23.8 Å². The summed E-state index contributed by atoms with van der Waals surface area (Å²) in [4.78, 5) is 20.7. The van der Waals surface area contributed by atoms with Gasteiger partial charge in [-0.15, -0.1) is 0 Å². The first-order chi connectivity index (χ1) is 5.50. The maximum Gasteiger partial charge on any atom is 0.318 e. The Kier molecular flexibility index (Phi) is 3.77. The van der Waals surface area contributed by atoms with Gasteiger partial charge >= 0.3 is 11.9 Å². The zero-order valence-corrected chi connectivity index (χ0v) is 6.52. The van der Waals surface area contributed by atoms with E-state index in [0.717, 1.165) is 0 Å². The van der Waals surface area contributed by atoms with E-state index in [-0.39, 0.29) is 6.42 Å². The summed E-state index contributed by atoms with van der Waals surface area (Å²) in [7, 11) is 0. The van der Waals surface area contributed by atoms with Crippen LogP contribution < -0.4 is 0 Å². The molecule has 0 radical (unpaired) electrons. The van der Waals surface area contributed by atoms with E-state index in [9.17, 15) is 9.59 Å². The third-order valence-corrected chi connectivity index (χ3v) is 1.51. The number of carboxylic acids is 2. The first-order valence-electron chi connectivity index (χ1n) is 3.33. The average molecular weight is 171 g/mol. The van der Waals surface area contributed by atoms with Crippen LogP contribution in [0.4, 0.5) is 0 Å². The van der Waals surface area contributed by atoms with Gasteiger partial charge in [0.1, 0.15) is 0 Å². The summed E-state index contributed by atoms with van der Waals surface area (Å²) in [6.07, 6.45) is -0.0662. The fraction of sp³-hybridized carbons (Fsp3) is 0.571. The van der Waals surface area contributed by atoms with Crippen molar-refractivity contribution in [1.29, 1.82) is 5.26 Å². The molecule has 0 bridgehead atoms. The maximum absolute atomic E-state index is 10.4. The van der Waals surface area contributed by atoms with Gasteiger partial charge in [0.15, 0.2) is 5.92 Å². The summed E-state index contributed by atoms with van der Waals surface area (Å²) in [5, 5.41) is 25.1. The van der Waals surface area contributed by atoms with Gasteiger partial charge in [-0.3, -0.25) is 9.59 Å². The molecular weight excluding hydrogens is 162 g/mol. The fourth-order valence-corrected chi connectivity index (χ4v) is 0.854. The smallest absolute Gasteiger partial charge is 0.318 e. The Bertz CT molecular complexity index is 216. The van der Waals surface area contributed by atoms with Crippen LogP contribution in [0.1, 0.15) is 13.3 Å². The molecular formula is C7H9NO4. The first-order valence-corrected chi connectivity index (χ1v) is 3.33. The van der Waals surface area contributed by atoms with Crippen molar-refractivity contribution in [1.82, 2.24) is 0 Å². The van der Waals surface area contributed by atoms with Gasteiger partial charge in [0, 0.05) is 6.42 Å². The first kappa shape index (κ1) is 10.4. The molecule has 0 heterocycles. The molecule has 0 saturated carbocycles. The highest BCUT2D eigenvalue weighted by molar-refractivity contribution is 5.93. The Morgan fingerprint density at radius 1 is 1.42 bits per heavy atom. The minimum Gasteiger partial charge on any atom is -0.481 e. The normalized spacial score (nSPS) is 12.1. The van der Waals surface area contributed by atoms with Gasteiger partial charge < -0.3 is 10.2 Å². The van der Waals surface area contributed by atoms with Crippen LogP contribution in [0, 0.1) is 23.2 Å². The SMILES string of the molecule is CC(CC#N)C(C(=O)O)C(=O)O. The monoisotopic (exact) mass is 171 g/mol. The quantitative estimate of drug-likeness (QED) is 0.593. The zero-order valence-electron chi connectivity index (χ0n) is 6.52. The second-order valence-electron chi connectivity index (χ2n) is 2.49. The zero-order chi connectivity index (χ0) is 9.72. The Labute approximate surface area is 69.2 Å². The summed E-state index contributed by atoms with van der Waals surface area (Å²) in [5.41, 5.74) is 0. The summed E-state index contributed by atoms with van der Waals surface area (Å²) in [6.45, 7) is 1.43. The lowest BCUT2D eigenvalue weighted by atomic mass is 9.92. The van der Waals surface area contributed by atoms with E-state index >= 15 is 0 Å². The minimum atomic E-state index is -1.48. The molecule has 1 atom stereocenters. The Morgan fingerprint density at radius 2 is 1.83 bits per heavy atom. The highest BCUT2D eigenvalue weighted by atomic mass is 16.4. The summed E-state index contributed by atoms with van der Waals surface area (Å²) < 4.78 is 0. The molecule has 0 fully saturated rings. The van der Waals surface area contributed by atoms with Crippen molar-refractivity contribution in [2.75, 3.05) is 0 Å². The second kappa shape index (κ2) is 4.34. The van der Waals surface area contributed by atoms with E-state index in [0.29, 0.717) is 0 Å². The van der Waals surface area contributed by atoms with Gasteiger partial charge in [-0.05, 0) is 5.92 Å². The van der Waals surface area contributed by atoms with Crippen LogP contribution in [0.5, 0.6) is 0 Å². The lowest BCUT2D eigenvalue weighted by Crippen LogP contribution is -2.29. The third-order valence-electron chi connectivity index (χ3n) is 1.51. The number of nitrogens with zero attached hydrogens (tertiary/aromatic N) is 1. The van der Waals surface area contributed by atoms with E-state index in [4.69, 9.17) is 15.5 Å². The van der Waals surface area contributed by atoms with Gasteiger partial charge in [0.05, 0.1) is 6.07 Å². The van der Waals surface area contributed by atoms with E-state index in [2.05, 4.69) is 0 Å². The van der Waals surface area contributed by atoms with Gasteiger partial charge in [-0.2, -0.15) is 5.26 Å². The van der Waals surface area contributed by atoms with Gasteiger partial charge in [0.25, 0.3) is 0 Å². The lowest BCUT2D eigenvalue weighted by Gasteiger charge is -2.11. The molecule has 1 unspecified atom stereocenters. The van der Waals surface area contributed by atoms with Crippen LogP contribution in [-0.4, -0.2) is 22.2 Å². The van der Waals surface area contributed by atoms with E-state index in [1.807, 2.05) is 0 Å². The van der Waals surface area contributed by atoms with Crippen molar-refractivity contribution in [3.63, 3.8) is 0 Å². The molecule has 0 aliphatic rings. The average Bonchev–Trinajstić information content (AvgIpc) is 1.85. The second-order valence-corrected chi connectivity index (χ2v) is 2.49. The van der Waals surface area contributed by atoms with Crippen LogP contribution in [0.2, 0.25) is 0 Å². The van der Waals surface area contributed by atoms with Crippen molar-refractivity contribution in [3.05, 3.63) is 0 Å². The van der Waals surface area contributed by atoms with Crippen molar-refractivity contribution in [2.45, 2.75) is 13.3 Å². The lowest BCUT2D eigenvalue weighted by molar-refractivity contribution is -0.156. The Hall–Kier alpha value is -1.57. The fourth-order valence-electron chi connectivity index (χ4n) is 0.854. The van der Waals surface area contributed by atoms with Crippen molar-refractivity contribution >= 4 is 11.9 Å². The Balaban J connectivity index is 4.42. The predicted octanol–water partition coefficient (Wildman–Crippen LogP) is 0.322. The van der Waals surface area contributed by atoms with Crippen LogP contribution in [0.3, 0.4) is 0 Å². The molecule has 66 valence electrons. The van der Waals surface area contributed by atoms with Crippen LogP contribution in [0.15, 0.2) is 0 Å². The molecule has 0 aliphatic heterocycles. The van der Waals surface area contributed by atoms with Gasteiger partial charge in [-0.1, -0.05) is 6.92 Å². The maximum atomic E-state index is 10.4. The van der Waals surface area contributed by atoms with Gasteiger partial charge in [0.2, 0.25) is 0 Å². The number of rotatable bonds is 4. The number of nitriles is 1. The highest BCUT2D eigenvalue weighted by Gasteiger charge is 2.31. The topological polar surface area (TPSA) is 98.4 Å². The van der Waals surface area contributed by atoms with E-state index in [1.54, 1.807) is 6.07 Å². The molecule has 0 aliphatic carbocycles. The molecule has 2 N–H and O–H groups in total. The summed E-state index contributed by atoms with van der Waals surface area (Å²) in [6, 6.07) is 1.73. The molecule has 5 heteroatoms. The highest BCUT2D eigenvalue weighted by Crippen LogP contribution is 2.15. The molecule has 12 heavy (non-hydrogen) atoms. The number of hydrogen-bond acceptors (Lipinski definition) is 3. The molecule has 5 nitrogen and oxygen atoms in total. The van der Waals surface area contributed by atoms with Crippen LogP contribution in [-0.2, 0) is 9.59 Å². The predicted molar refractivity (Wildman–Crippen MR) is 38.2 cm³/mol. The van der Waals surface area contributed by atoms with E-state index in [1.165, 1.54) is 6.92 Å². The third kappa shape index (κ3) is 2.58. The molecule has 0 aromatic carbocycles. The molecule has 0 saturated heterocycles.